The van der Waals surface area contributed by atoms with Crippen molar-refractivity contribution in [2.24, 2.45) is 0 Å². The van der Waals surface area contributed by atoms with E-state index in [0.29, 0.717) is 39.4 Å². The molecule has 0 atom stereocenters. The minimum absolute atomic E-state index is 0.0534. The van der Waals surface area contributed by atoms with E-state index in [2.05, 4.69) is 4.98 Å². The number of ketones is 1. The highest BCUT2D eigenvalue weighted by Gasteiger charge is 2.25. The van der Waals surface area contributed by atoms with Crippen LogP contribution in [-0.2, 0) is 32.2 Å². The van der Waals surface area contributed by atoms with Gasteiger partial charge in [-0.1, -0.05) is 6.07 Å². The fourth-order valence-electron chi connectivity index (χ4n) is 3.60. The monoisotopic (exact) mass is 530 g/mol. The van der Waals surface area contributed by atoms with Gasteiger partial charge in [0.2, 0.25) is 0 Å². The fourth-order valence-corrected chi connectivity index (χ4v) is 4.58. The summed E-state index contributed by atoms with van der Waals surface area (Å²) in [5.74, 6) is 0.263. The van der Waals surface area contributed by atoms with E-state index in [-0.39, 0.29) is 26.3 Å². The highest BCUT2D eigenvalue weighted by atomic mass is 32.1. The molecule has 0 N–H and O–H groups in total. The van der Waals surface area contributed by atoms with Crippen molar-refractivity contribution in [1.82, 2.24) is 9.88 Å². The van der Waals surface area contributed by atoms with Gasteiger partial charge in [-0.2, -0.15) is 0 Å². The van der Waals surface area contributed by atoms with Crippen molar-refractivity contribution < 1.29 is 37.7 Å². The average Bonchev–Trinajstić information content (AvgIpc) is 3.55. The topological polar surface area (TPSA) is 117 Å². The molecule has 3 aromatic rings. The molecule has 2 heterocycles. The summed E-state index contributed by atoms with van der Waals surface area (Å²) in [6.45, 7) is 4.20. The molecule has 10 nitrogen and oxygen atoms in total. The zero-order chi connectivity index (χ0) is 26.8. The smallest absolute Gasteiger partial charge is 0.320 e. The van der Waals surface area contributed by atoms with Crippen molar-refractivity contribution in [3.05, 3.63) is 52.7 Å². The minimum Gasteiger partial charge on any atom is -0.497 e. The summed E-state index contributed by atoms with van der Waals surface area (Å²) < 4.78 is 26.4. The molecule has 0 fully saturated rings. The summed E-state index contributed by atoms with van der Waals surface area (Å²) >= 11 is 1.13. The SMILES string of the molecule is CCOC(=O)CC(=O)c1sc(-c2ccco2)nc1CN(CC(=O)OCC)Cc1ccc(OC)cc1OC. The van der Waals surface area contributed by atoms with Gasteiger partial charge >= 0.3 is 11.9 Å². The van der Waals surface area contributed by atoms with Gasteiger partial charge in [0.25, 0.3) is 0 Å². The molecular formula is C26H30N2O8S. The first kappa shape index (κ1) is 27.9. The summed E-state index contributed by atoms with van der Waals surface area (Å²) in [6, 6.07) is 8.86. The molecule has 0 amide bonds. The van der Waals surface area contributed by atoms with Gasteiger partial charge in [-0.25, -0.2) is 4.98 Å². The number of nitrogens with zero attached hydrogens (tertiary/aromatic N) is 2. The number of esters is 2. The number of ether oxygens (including phenoxy) is 4. The van der Waals surface area contributed by atoms with Crippen molar-refractivity contribution >= 4 is 29.1 Å². The summed E-state index contributed by atoms with van der Waals surface area (Å²) in [6.07, 6.45) is 1.10. The van der Waals surface area contributed by atoms with Crippen molar-refractivity contribution in [1.29, 1.82) is 0 Å². The van der Waals surface area contributed by atoms with E-state index in [0.717, 1.165) is 16.9 Å². The Morgan fingerprint density at radius 2 is 1.76 bits per heavy atom. The molecule has 2 aromatic heterocycles. The Hall–Kier alpha value is -3.70. The van der Waals surface area contributed by atoms with Gasteiger partial charge in [-0.3, -0.25) is 19.3 Å². The minimum atomic E-state index is -0.613. The lowest BCUT2D eigenvalue weighted by atomic mass is 10.1. The van der Waals surface area contributed by atoms with Crippen LogP contribution in [0.25, 0.3) is 10.8 Å². The number of hydrogen-bond donors (Lipinski definition) is 0. The van der Waals surface area contributed by atoms with Crippen LogP contribution in [0.5, 0.6) is 11.5 Å². The molecule has 37 heavy (non-hydrogen) atoms. The van der Waals surface area contributed by atoms with Crippen LogP contribution >= 0.6 is 11.3 Å². The summed E-state index contributed by atoms with van der Waals surface area (Å²) in [4.78, 5) is 44.2. The number of thiazole rings is 1. The molecule has 1 aromatic carbocycles. The third kappa shape index (κ3) is 7.64. The Balaban J connectivity index is 1.95. The third-order valence-corrected chi connectivity index (χ3v) is 6.37. The molecule has 0 aliphatic carbocycles. The van der Waals surface area contributed by atoms with Crippen molar-refractivity contribution in [2.75, 3.05) is 34.0 Å². The number of hydrogen-bond acceptors (Lipinski definition) is 11. The number of carbonyl (C=O) groups is 3. The Bertz CT molecular complexity index is 1210. The van der Waals surface area contributed by atoms with Crippen LogP contribution in [0.3, 0.4) is 0 Å². The normalized spacial score (nSPS) is 10.8. The molecule has 0 radical (unpaired) electrons. The maximum atomic E-state index is 13.1. The van der Waals surface area contributed by atoms with Crippen LogP contribution in [0, 0.1) is 0 Å². The van der Waals surface area contributed by atoms with E-state index in [1.54, 1.807) is 57.2 Å². The lowest BCUT2D eigenvalue weighted by Crippen LogP contribution is -2.31. The Morgan fingerprint density at radius 3 is 2.41 bits per heavy atom. The average molecular weight is 531 g/mol. The fraction of sp³-hybridized carbons (Fsp3) is 0.385. The quantitative estimate of drug-likeness (QED) is 0.171. The number of rotatable bonds is 14. The number of furan rings is 1. The lowest BCUT2D eigenvalue weighted by molar-refractivity contribution is -0.145. The molecule has 0 saturated heterocycles. The van der Waals surface area contributed by atoms with Gasteiger partial charge in [0.05, 0.1) is 50.8 Å². The molecular weight excluding hydrogens is 500 g/mol. The van der Waals surface area contributed by atoms with Crippen LogP contribution in [0.1, 0.15) is 41.2 Å². The number of benzene rings is 1. The predicted molar refractivity (Wildman–Crippen MR) is 136 cm³/mol. The first-order chi connectivity index (χ1) is 17.9. The molecule has 0 spiro atoms. The van der Waals surface area contributed by atoms with Gasteiger partial charge in [0, 0.05) is 24.7 Å². The lowest BCUT2D eigenvalue weighted by Gasteiger charge is -2.22. The molecule has 3 rings (SSSR count). The van der Waals surface area contributed by atoms with Gasteiger partial charge in [-0.15, -0.1) is 11.3 Å². The van der Waals surface area contributed by atoms with Crippen LogP contribution in [0.2, 0.25) is 0 Å². The van der Waals surface area contributed by atoms with Crippen molar-refractivity contribution in [3.63, 3.8) is 0 Å². The number of carbonyl (C=O) groups excluding carboxylic acids is 3. The second kappa shape index (κ2) is 13.6. The van der Waals surface area contributed by atoms with E-state index in [1.807, 2.05) is 6.07 Å². The van der Waals surface area contributed by atoms with Gasteiger partial charge in [-0.05, 0) is 32.0 Å². The Morgan fingerprint density at radius 1 is 1.00 bits per heavy atom. The van der Waals surface area contributed by atoms with E-state index in [1.165, 1.54) is 6.26 Å². The van der Waals surface area contributed by atoms with E-state index in [4.69, 9.17) is 23.4 Å². The van der Waals surface area contributed by atoms with Crippen molar-refractivity contribution in [2.45, 2.75) is 33.4 Å². The van der Waals surface area contributed by atoms with E-state index >= 15 is 0 Å². The maximum absolute atomic E-state index is 13.1. The molecule has 0 bridgehead atoms. The second-order valence-corrected chi connectivity index (χ2v) is 8.80. The first-order valence-electron chi connectivity index (χ1n) is 11.7. The molecule has 0 aliphatic heterocycles. The zero-order valence-electron chi connectivity index (χ0n) is 21.3. The number of Topliss-reactive ketones (excluding diaryl/α,β-unsaturated/α-hetero) is 1. The summed E-state index contributed by atoms with van der Waals surface area (Å²) in [5.41, 5.74) is 1.22. The second-order valence-electron chi connectivity index (χ2n) is 7.81. The number of aromatic nitrogens is 1. The zero-order valence-corrected chi connectivity index (χ0v) is 22.1. The Kier molecular flexibility index (Phi) is 10.2. The highest BCUT2D eigenvalue weighted by molar-refractivity contribution is 7.17. The van der Waals surface area contributed by atoms with Crippen LogP contribution < -0.4 is 9.47 Å². The standard InChI is InChI=1S/C26H30N2O8S/c1-5-34-23(30)13-20(29)25-19(27-26(37-25)21-8-7-11-36-21)15-28(16-24(31)35-6-2)14-17-9-10-18(32-3)12-22(17)33-4/h7-12H,5-6,13-16H2,1-4H3. The van der Waals surface area contributed by atoms with Gasteiger partial charge < -0.3 is 23.4 Å². The summed E-state index contributed by atoms with van der Waals surface area (Å²) in [7, 11) is 3.12. The molecule has 198 valence electrons. The van der Waals surface area contributed by atoms with Crippen LogP contribution in [0.4, 0.5) is 0 Å². The predicted octanol–water partition coefficient (Wildman–Crippen LogP) is 4.12. The maximum Gasteiger partial charge on any atom is 0.320 e. The molecule has 0 saturated carbocycles. The molecule has 0 aliphatic rings. The summed E-state index contributed by atoms with van der Waals surface area (Å²) in [5, 5.41) is 0.491. The third-order valence-electron chi connectivity index (χ3n) is 5.21. The highest BCUT2D eigenvalue weighted by Crippen LogP contribution is 2.31. The first-order valence-corrected chi connectivity index (χ1v) is 12.5. The largest absolute Gasteiger partial charge is 0.497 e. The van der Waals surface area contributed by atoms with E-state index < -0.39 is 24.1 Å². The Labute approximate surface area is 219 Å². The molecule has 0 unspecified atom stereocenters. The van der Waals surface area contributed by atoms with Crippen LogP contribution in [0.15, 0.2) is 41.0 Å². The van der Waals surface area contributed by atoms with E-state index in [9.17, 15) is 14.4 Å². The van der Waals surface area contributed by atoms with Gasteiger partial charge in [0.1, 0.15) is 17.9 Å². The van der Waals surface area contributed by atoms with Crippen LogP contribution in [-0.4, -0.2) is 61.6 Å². The van der Waals surface area contributed by atoms with Gasteiger partial charge in [0.15, 0.2) is 16.6 Å². The van der Waals surface area contributed by atoms with Crippen molar-refractivity contribution in [3.8, 4) is 22.3 Å². The number of methoxy groups -OCH3 is 2. The molecule has 11 heteroatoms.